The van der Waals surface area contributed by atoms with Crippen LogP contribution in [0.25, 0.3) is 0 Å². The van der Waals surface area contributed by atoms with Crippen molar-refractivity contribution in [2.75, 3.05) is 13.1 Å². The fourth-order valence-corrected chi connectivity index (χ4v) is 1.44. The van der Waals surface area contributed by atoms with Gasteiger partial charge in [-0.2, -0.15) is 0 Å². The van der Waals surface area contributed by atoms with Gasteiger partial charge < -0.3 is 10.6 Å². The predicted octanol–water partition coefficient (Wildman–Crippen LogP) is 1.13. The minimum absolute atomic E-state index is 0.0917. The highest BCUT2D eigenvalue weighted by Gasteiger charge is 2.01. The topological polar surface area (TPSA) is 54.0 Å². The minimum Gasteiger partial charge on any atom is -0.356 e. The molecule has 0 spiro atoms. The van der Waals surface area contributed by atoms with Gasteiger partial charge in [0.25, 0.3) is 0 Å². The number of nitrogens with zero attached hydrogens (tertiary/aromatic N) is 1. The summed E-state index contributed by atoms with van der Waals surface area (Å²) in [5.41, 5.74) is 1.01. The summed E-state index contributed by atoms with van der Waals surface area (Å²) in [4.78, 5) is 15.6. The van der Waals surface area contributed by atoms with E-state index in [1.807, 2.05) is 18.2 Å². The van der Waals surface area contributed by atoms with E-state index in [1.54, 1.807) is 6.20 Å². The van der Waals surface area contributed by atoms with Crippen LogP contribution in [0.1, 0.15) is 26.0 Å². The third-order valence-electron chi connectivity index (χ3n) is 2.33. The molecule has 0 aliphatic heterocycles. The van der Waals surface area contributed by atoms with Crippen molar-refractivity contribution in [3.05, 3.63) is 30.1 Å². The van der Waals surface area contributed by atoms with E-state index < -0.39 is 0 Å². The molecule has 1 amide bonds. The molecule has 0 atom stereocenters. The molecule has 4 nitrogen and oxygen atoms in total. The van der Waals surface area contributed by atoms with Gasteiger partial charge in [-0.3, -0.25) is 9.78 Å². The van der Waals surface area contributed by atoms with E-state index in [0.29, 0.717) is 19.0 Å². The van der Waals surface area contributed by atoms with E-state index in [-0.39, 0.29) is 5.91 Å². The molecule has 1 heterocycles. The monoisotopic (exact) mass is 235 g/mol. The summed E-state index contributed by atoms with van der Waals surface area (Å²) in [5.74, 6) is 0.0917. The Morgan fingerprint density at radius 3 is 2.82 bits per heavy atom. The van der Waals surface area contributed by atoms with E-state index in [2.05, 4.69) is 29.5 Å². The minimum atomic E-state index is 0.0917. The first kappa shape index (κ1) is 13.6. The quantitative estimate of drug-likeness (QED) is 0.745. The highest BCUT2D eigenvalue weighted by molar-refractivity contribution is 5.76. The smallest absolute Gasteiger partial charge is 0.221 e. The van der Waals surface area contributed by atoms with E-state index in [0.717, 1.165) is 18.7 Å². The van der Waals surface area contributed by atoms with Gasteiger partial charge in [0.15, 0.2) is 0 Å². The average Bonchev–Trinajstić information content (AvgIpc) is 2.30. The number of carbonyl (C=O) groups is 1. The normalized spacial score (nSPS) is 10.5. The van der Waals surface area contributed by atoms with Crippen molar-refractivity contribution < 1.29 is 4.79 Å². The maximum Gasteiger partial charge on any atom is 0.221 e. The second kappa shape index (κ2) is 7.79. The maximum atomic E-state index is 11.4. The Balaban J connectivity index is 2.08. The molecule has 4 heteroatoms. The van der Waals surface area contributed by atoms with Crippen molar-refractivity contribution in [1.82, 2.24) is 15.6 Å². The number of nitrogens with one attached hydrogen (secondary N) is 2. The molecule has 0 saturated carbocycles. The molecular weight excluding hydrogens is 214 g/mol. The van der Waals surface area contributed by atoms with E-state index in [1.165, 1.54) is 0 Å². The number of hydrogen-bond acceptors (Lipinski definition) is 3. The molecule has 1 aromatic rings. The average molecular weight is 235 g/mol. The standard InChI is InChI=1S/C13H21N3O/c1-11(2)14-10-7-13(17)16-9-6-12-5-3-4-8-15-12/h3-5,8,11,14H,6-7,9-10H2,1-2H3,(H,16,17). The zero-order valence-corrected chi connectivity index (χ0v) is 10.6. The molecule has 0 unspecified atom stereocenters. The van der Waals surface area contributed by atoms with Crippen LogP contribution in [-0.2, 0) is 11.2 Å². The first-order valence-corrected chi connectivity index (χ1v) is 6.08. The summed E-state index contributed by atoms with van der Waals surface area (Å²) < 4.78 is 0. The lowest BCUT2D eigenvalue weighted by atomic mass is 10.2. The molecule has 0 saturated heterocycles. The van der Waals surface area contributed by atoms with Crippen LogP contribution in [0, 0.1) is 0 Å². The number of rotatable bonds is 7. The second-order valence-corrected chi connectivity index (χ2v) is 4.28. The van der Waals surface area contributed by atoms with Gasteiger partial charge in [0.1, 0.15) is 0 Å². The van der Waals surface area contributed by atoms with Crippen molar-refractivity contribution in [3.63, 3.8) is 0 Å². The number of pyridine rings is 1. The molecule has 0 aliphatic rings. The first-order chi connectivity index (χ1) is 8.18. The summed E-state index contributed by atoms with van der Waals surface area (Å²) in [7, 11) is 0. The zero-order valence-electron chi connectivity index (χ0n) is 10.6. The van der Waals surface area contributed by atoms with Crippen molar-refractivity contribution in [2.24, 2.45) is 0 Å². The molecule has 0 bridgehead atoms. The Labute approximate surface area is 103 Å². The third-order valence-corrected chi connectivity index (χ3v) is 2.33. The van der Waals surface area contributed by atoms with Gasteiger partial charge in [0.05, 0.1) is 0 Å². The lowest BCUT2D eigenvalue weighted by Gasteiger charge is -2.08. The largest absolute Gasteiger partial charge is 0.356 e. The summed E-state index contributed by atoms with van der Waals surface area (Å²) in [6.07, 6.45) is 3.08. The fourth-order valence-electron chi connectivity index (χ4n) is 1.44. The first-order valence-electron chi connectivity index (χ1n) is 6.08. The summed E-state index contributed by atoms with van der Waals surface area (Å²) in [6.45, 7) is 5.52. The Bertz CT molecular complexity index is 325. The van der Waals surface area contributed by atoms with Crippen molar-refractivity contribution in [1.29, 1.82) is 0 Å². The number of amides is 1. The molecule has 0 radical (unpaired) electrons. The van der Waals surface area contributed by atoms with Gasteiger partial charge in [-0.05, 0) is 12.1 Å². The third kappa shape index (κ3) is 6.68. The van der Waals surface area contributed by atoms with Crippen molar-refractivity contribution in [3.8, 4) is 0 Å². The lowest BCUT2D eigenvalue weighted by molar-refractivity contribution is -0.120. The van der Waals surface area contributed by atoms with Crippen LogP contribution < -0.4 is 10.6 Å². The predicted molar refractivity (Wildman–Crippen MR) is 68.7 cm³/mol. The van der Waals surface area contributed by atoms with Crippen LogP contribution in [0.3, 0.4) is 0 Å². The Hall–Kier alpha value is -1.42. The Morgan fingerprint density at radius 2 is 2.18 bits per heavy atom. The van der Waals surface area contributed by atoms with Gasteiger partial charge in [0.2, 0.25) is 5.91 Å². The second-order valence-electron chi connectivity index (χ2n) is 4.28. The molecule has 2 N–H and O–H groups in total. The van der Waals surface area contributed by atoms with Crippen LogP contribution in [0.15, 0.2) is 24.4 Å². The molecule has 0 aromatic carbocycles. The van der Waals surface area contributed by atoms with Crippen LogP contribution in [0.5, 0.6) is 0 Å². The molecule has 0 aliphatic carbocycles. The van der Waals surface area contributed by atoms with Crippen molar-refractivity contribution in [2.45, 2.75) is 32.7 Å². The van der Waals surface area contributed by atoms with E-state index in [4.69, 9.17) is 0 Å². The van der Waals surface area contributed by atoms with Crippen molar-refractivity contribution >= 4 is 5.91 Å². The van der Waals surface area contributed by atoms with Gasteiger partial charge in [-0.25, -0.2) is 0 Å². The van der Waals surface area contributed by atoms with Gasteiger partial charge in [0, 0.05) is 43.9 Å². The summed E-state index contributed by atoms with van der Waals surface area (Å²) >= 11 is 0. The van der Waals surface area contributed by atoms with Gasteiger partial charge in [-0.15, -0.1) is 0 Å². The highest BCUT2D eigenvalue weighted by atomic mass is 16.1. The molecule has 0 fully saturated rings. The molecule has 17 heavy (non-hydrogen) atoms. The Morgan fingerprint density at radius 1 is 1.35 bits per heavy atom. The van der Waals surface area contributed by atoms with Crippen LogP contribution >= 0.6 is 0 Å². The fraction of sp³-hybridized carbons (Fsp3) is 0.538. The number of aromatic nitrogens is 1. The molecule has 1 aromatic heterocycles. The zero-order chi connectivity index (χ0) is 12.5. The highest BCUT2D eigenvalue weighted by Crippen LogP contribution is 1.93. The number of hydrogen-bond donors (Lipinski definition) is 2. The van der Waals surface area contributed by atoms with Crippen LogP contribution in [0.4, 0.5) is 0 Å². The van der Waals surface area contributed by atoms with Crippen LogP contribution in [0.2, 0.25) is 0 Å². The van der Waals surface area contributed by atoms with Gasteiger partial charge >= 0.3 is 0 Å². The number of carbonyl (C=O) groups excluding carboxylic acids is 1. The maximum absolute atomic E-state index is 11.4. The SMILES string of the molecule is CC(C)NCCC(=O)NCCc1ccccn1. The van der Waals surface area contributed by atoms with E-state index >= 15 is 0 Å². The summed E-state index contributed by atoms with van der Waals surface area (Å²) in [6, 6.07) is 6.24. The molecule has 1 rings (SSSR count). The molecular formula is C13H21N3O. The Kier molecular flexibility index (Phi) is 6.25. The van der Waals surface area contributed by atoms with Gasteiger partial charge in [-0.1, -0.05) is 19.9 Å². The molecule has 94 valence electrons. The van der Waals surface area contributed by atoms with E-state index in [9.17, 15) is 4.79 Å². The summed E-state index contributed by atoms with van der Waals surface area (Å²) in [5, 5.41) is 6.10. The van der Waals surface area contributed by atoms with Crippen LogP contribution in [-0.4, -0.2) is 30.0 Å². The lowest BCUT2D eigenvalue weighted by Crippen LogP contribution is -2.31.